The third kappa shape index (κ3) is 2.73. The van der Waals surface area contributed by atoms with Gasteiger partial charge in [-0.2, -0.15) is 0 Å². The molecule has 0 amide bonds. The van der Waals surface area contributed by atoms with E-state index in [9.17, 15) is 0 Å². The van der Waals surface area contributed by atoms with Gasteiger partial charge in [-0.25, -0.2) is 0 Å². The first-order valence-electron chi connectivity index (χ1n) is 6.87. The molecule has 0 radical (unpaired) electrons. The maximum atomic E-state index is 3.84. The maximum Gasteiger partial charge on any atom is 0.0124 e. The van der Waals surface area contributed by atoms with Crippen LogP contribution in [-0.4, -0.2) is 25.7 Å². The topological polar surface area (TPSA) is 24.1 Å². The molecule has 2 N–H and O–H groups in total. The highest BCUT2D eigenvalue weighted by Gasteiger charge is 2.40. The summed E-state index contributed by atoms with van der Waals surface area (Å²) in [6.45, 7) is 3.78. The molecular formula is C13H24N2. The van der Waals surface area contributed by atoms with Gasteiger partial charge in [-0.1, -0.05) is 0 Å². The second-order valence-electron chi connectivity index (χ2n) is 5.80. The van der Waals surface area contributed by atoms with Crippen LogP contribution in [0.1, 0.15) is 38.5 Å². The predicted molar refractivity (Wildman–Crippen MR) is 62.8 cm³/mol. The first-order valence-corrected chi connectivity index (χ1v) is 6.87. The largest absolute Gasteiger partial charge is 0.316 e. The lowest BCUT2D eigenvalue weighted by Gasteiger charge is -2.18. The second-order valence-corrected chi connectivity index (χ2v) is 5.80. The first kappa shape index (κ1) is 10.1. The lowest BCUT2D eigenvalue weighted by Crippen LogP contribution is -2.34. The van der Waals surface area contributed by atoms with Crippen LogP contribution in [0.5, 0.6) is 0 Å². The molecule has 1 heterocycles. The first-order chi connectivity index (χ1) is 7.43. The summed E-state index contributed by atoms with van der Waals surface area (Å²) in [7, 11) is 0. The van der Waals surface area contributed by atoms with Gasteiger partial charge in [0.1, 0.15) is 0 Å². The van der Waals surface area contributed by atoms with Crippen molar-refractivity contribution < 1.29 is 0 Å². The molecule has 3 fully saturated rings. The van der Waals surface area contributed by atoms with Crippen LogP contribution in [0.15, 0.2) is 0 Å². The van der Waals surface area contributed by atoms with E-state index in [0.717, 1.165) is 23.8 Å². The van der Waals surface area contributed by atoms with Crippen molar-refractivity contribution in [3.63, 3.8) is 0 Å². The minimum Gasteiger partial charge on any atom is -0.316 e. The van der Waals surface area contributed by atoms with Gasteiger partial charge in [0.25, 0.3) is 0 Å². The van der Waals surface area contributed by atoms with E-state index in [1.807, 2.05) is 0 Å². The van der Waals surface area contributed by atoms with Crippen LogP contribution in [0.4, 0.5) is 0 Å². The van der Waals surface area contributed by atoms with Gasteiger partial charge in [0.15, 0.2) is 0 Å². The number of rotatable bonds is 6. The summed E-state index contributed by atoms with van der Waals surface area (Å²) in [6.07, 6.45) is 8.79. The highest BCUT2D eigenvalue weighted by atomic mass is 15.0. The van der Waals surface area contributed by atoms with E-state index < -0.39 is 0 Å². The normalized spacial score (nSPS) is 31.4. The summed E-state index contributed by atoms with van der Waals surface area (Å²) in [4.78, 5) is 0. The average Bonchev–Trinajstić information content (AvgIpc) is 3.15. The van der Waals surface area contributed by atoms with E-state index in [1.54, 1.807) is 0 Å². The standard InChI is InChI=1S/C13H24N2/c1-2-11(1)13(12-3-4-12)15-8-6-10-5-7-14-9-10/h10-15H,1-9H2. The van der Waals surface area contributed by atoms with Crippen LogP contribution in [-0.2, 0) is 0 Å². The van der Waals surface area contributed by atoms with Crippen molar-refractivity contribution in [2.75, 3.05) is 19.6 Å². The highest BCUT2D eigenvalue weighted by molar-refractivity contribution is 4.96. The summed E-state index contributed by atoms with van der Waals surface area (Å²) >= 11 is 0. The SMILES string of the molecule is C1CC(CCNC(C2CC2)C2CC2)CN1. The molecule has 1 aliphatic heterocycles. The smallest absolute Gasteiger partial charge is 0.0124 e. The Morgan fingerprint density at radius 2 is 1.80 bits per heavy atom. The average molecular weight is 208 g/mol. The molecule has 2 saturated carbocycles. The summed E-state index contributed by atoms with van der Waals surface area (Å²) in [5.74, 6) is 3.06. The van der Waals surface area contributed by atoms with Crippen molar-refractivity contribution in [1.82, 2.24) is 10.6 Å². The summed E-state index contributed by atoms with van der Waals surface area (Å²) in [5.41, 5.74) is 0. The Labute approximate surface area is 93.2 Å². The minimum absolute atomic E-state index is 0.902. The fraction of sp³-hybridized carbons (Fsp3) is 1.00. The van der Waals surface area contributed by atoms with E-state index in [4.69, 9.17) is 0 Å². The van der Waals surface area contributed by atoms with Crippen LogP contribution >= 0.6 is 0 Å². The van der Waals surface area contributed by atoms with E-state index in [2.05, 4.69) is 10.6 Å². The third-order valence-corrected chi connectivity index (χ3v) is 4.35. The molecule has 0 spiro atoms. The fourth-order valence-corrected chi connectivity index (χ4v) is 3.04. The molecule has 0 aromatic heterocycles. The second kappa shape index (κ2) is 4.42. The van der Waals surface area contributed by atoms with Crippen molar-refractivity contribution in [3.8, 4) is 0 Å². The lowest BCUT2D eigenvalue weighted by molar-refractivity contribution is 0.391. The van der Waals surface area contributed by atoms with Gasteiger partial charge in [0.2, 0.25) is 0 Å². The van der Waals surface area contributed by atoms with Crippen LogP contribution in [0.25, 0.3) is 0 Å². The Balaban J connectivity index is 1.36. The predicted octanol–water partition coefficient (Wildman–Crippen LogP) is 1.76. The van der Waals surface area contributed by atoms with Crippen molar-refractivity contribution in [2.45, 2.75) is 44.6 Å². The molecule has 2 heteroatoms. The van der Waals surface area contributed by atoms with Gasteiger partial charge in [0, 0.05) is 6.04 Å². The van der Waals surface area contributed by atoms with Gasteiger partial charge in [-0.05, 0) is 75.9 Å². The monoisotopic (exact) mass is 208 g/mol. The van der Waals surface area contributed by atoms with Crippen molar-refractivity contribution in [3.05, 3.63) is 0 Å². The van der Waals surface area contributed by atoms with E-state index in [-0.39, 0.29) is 0 Å². The summed E-state index contributed by atoms with van der Waals surface area (Å²) < 4.78 is 0. The quantitative estimate of drug-likeness (QED) is 0.695. The Bertz CT molecular complexity index is 191. The molecule has 0 aromatic carbocycles. The summed E-state index contributed by atoms with van der Waals surface area (Å²) in [5, 5.41) is 7.30. The van der Waals surface area contributed by atoms with Crippen LogP contribution in [0, 0.1) is 17.8 Å². The summed E-state index contributed by atoms with van der Waals surface area (Å²) in [6, 6.07) is 0.902. The van der Waals surface area contributed by atoms with Crippen molar-refractivity contribution in [2.24, 2.45) is 17.8 Å². The minimum atomic E-state index is 0.902. The zero-order chi connectivity index (χ0) is 10.1. The molecule has 2 nitrogen and oxygen atoms in total. The van der Waals surface area contributed by atoms with Gasteiger partial charge >= 0.3 is 0 Å². The van der Waals surface area contributed by atoms with Crippen LogP contribution < -0.4 is 10.6 Å². The van der Waals surface area contributed by atoms with Crippen LogP contribution in [0.2, 0.25) is 0 Å². The van der Waals surface area contributed by atoms with Crippen LogP contribution in [0.3, 0.4) is 0 Å². The zero-order valence-corrected chi connectivity index (χ0v) is 9.67. The fourth-order valence-electron chi connectivity index (χ4n) is 3.04. The molecule has 1 atom stereocenters. The van der Waals surface area contributed by atoms with Crippen molar-refractivity contribution >= 4 is 0 Å². The molecule has 0 bridgehead atoms. The van der Waals surface area contributed by atoms with Gasteiger partial charge in [-0.3, -0.25) is 0 Å². The molecule has 0 aromatic rings. The third-order valence-electron chi connectivity index (χ3n) is 4.35. The van der Waals surface area contributed by atoms with E-state index in [0.29, 0.717) is 0 Å². The van der Waals surface area contributed by atoms with Gasteiger partial charge in [0.05, 0.1) is 0 Å². The maximum absolute atomic E-state index is 3.84. The zero-order valence-electron chi connectivity index (χ0n) is 9.67. The Morgan fingerprint density at radius 1 is 1.07 bits per heavy atom. The van der Waals surface area contributed by atoms with E-state index in [1.165, 1.54) is 58.2 Å². The molecule has 1 saturated heterocycles. The van der Waals surface area contributed by atoms with E-state index >= 15 is 0 Å². The number of hydrogen-bond donors (Lipinski definition) is 2. The molecular weight excluding hydrogens is 184 g/mol. The Kier molecular flexibility index (Phi) is 2.98. The van der Waals surface area contributed by atoms with Gasteiger partial charge in [-0.15, -0.1) is 0 Å². The molecule has 86 valence electrons. The van der Waals surface area contributed by atoms with Crippen molar-refractivity contribution in [1.29, 1.82) is 0 Å². The molecule has 2 aliphatic carbocycles. The number of nitrogens with one attached hydrogen (secondary N) is 2. The molecule has 3 rings (SSSR count). The lowest BCUT2D eigenvalue weighted by atomic mass is 10.0. The van der Waals surface area contributed by atoms with Gasteiger partial charge < -0.3 is 10.6 Å². The molecule has 3 aliphatic rings. The number of hydrogen-bond acceptors (Lipinski definition) is 2. The Hall–Kier alpha value is -0.0800. The highest BCUT2D eigenvalue weighted by Crippen LogP contribution is 2.44. The molecule has 15 heavy (non-hydrogen) atoms. The molecule has 1 unspecified atom stereocenters. The Morgan fingerprint density at radius 3 is 2.33 bits per heavy atom.